The topological polar surface area (TPSA) is 282 Å². The lowest BCUT2D eigenvalue weighted by Gasteiger charge is -2.36. The molecule has 2 aliphatic heterocycles. The minimum absolute atomic E-state index is 0.0369. The van der Waals surface area contributed by atoms with Crippen LogP contribution in [-0.2, 0) is 41.6 Å². The lowest BCUT2D eigenvalue weighted by Crippen LogP contribution is -2.59. The fourth-order valence-electron chi connectivity index (χ4n) is 11.2. The molecular weight excluding hydrogens is 1010 g/mol. The molecule has 2 fully saturated rings. The molecule has 2 unspecified atom stereocenters. The molecular formula is C58H79N11O10. The van der Waals surface area contributed by atoms with Gasteiger partial charge in [-0.2, -0.15) is 0 Å². The first-order valence-corrected chi connectivity index (χ1v) is 27.5. The summed E-state index contributed by atoms with van der Waals surface area (Å²) >= 11 is 0. The number of non-ortho nitro benzene ring substituents is 1. The maximum Gasteiger partial charge on any atom is 0.271 e. The van der Waals surface area contributed by atoms with E-state index >= 15 is 0 Å². The second kappa shape index (κ2) is 24.8. The van der Waals surface area contributed by atoms with Crippen LogP contribution in [0.3, 0.4) is 0 Å². The Morgan fingerprint density at radius 3 is 1.32 bits per heavy atom. The molecule has 8 amide bonds. The third-order valence-corrected chi connectivity index (χ3v) is 15.9. The molecule has 0 aromatic heterocycles. The van der Waals surface area contributed by atoms with E-state index in [1.807, 2.05) is 48.5 Å². The number of hydrogen-bond donors (Lipinski definition) is 8. The zero-order chi connectivity index (χ0) is 57.7. The maximum atomic E-state index is 14.7. The van der Waals surface area contributed by atoms with E-state index in [4.69, 9.17) is 0 Å². The van der Waals surface area contributed by atoms with E-state index in [2.05, 4.69) is 42.5 Å². The number of carbonyl (C=O) groups excluding carboxylic acids is 8. The van der Waals surface area contributed by atoms with Crippen molar-refractivity contribution in [2.24, 2.45) is 10.8 Å². The minimum atomic E-state index is -1.09. The van der Waals surface area contributed by atoms with Gasteiger partial charge in [-0.25, -0.2) is 0 Å². The van der Waals surface area contributed by atoms with Gasteiger partial charge in [-0.1, -0.05) is 90.1 Å². The van der Waals surface area contributed by atoms with Gasteiger partial charge in [0.1, 0.15) is 24.2 Å². The van der Waals surface area contributed by atoms with Crippen LogP contribution < -0.4 is 42.5 Å². The van der Waals surface area contributed by atoms with Gasteiger partial charge < -0.3 is 52.3 Å². The van der Waals surface area contributed by atoms with E-state index in [-0.39, 0.29) is 49.1 Å². The van der Waals surface area contributed by atoms with E-state index < -0.39 is 117 Å². The number of fused-ring (bicyclic) bond motifs is 2. The highest BCUT2D eigenvalue weighted by Gasteiger charge is 2.48. The van der Waals surface area contributed by atoms with Crippen LogP contribution in [0.15, 0.2) is 66.7 Å². The van der Waals surface area contributed by atoms with Gasteiger partial charge in [0.05, 0.1) is 29.1 Å². The van der Waals surface area contributed by atoms with Gasteiger partial charge >= 0.3 is 0 Å². The molecule has 79 heavy (non-hydrogen) atoms. The van der Waals surface area contributed by atoms with Crippen LogP contribution in [0.5, 0.6) is 0 Å². The maximum absolute atomic E-state index is 14.7. The summed E-state index contributed by atoms with van der Waals surface area (Å²) < 4.78 is 0. The molecule has 21 nitrogen and oxygen atoms in total. The van der Waals surface area contributed by atoms with E-state index in [0.29, 0.717) is 12.8 Å². The highest BCUT2D eigenvalue weighted by atomic mass is 16.6. The summed E-state index contributed by atoms with van der Waals surface area (Å²) in [4.78, 5) is 128. The number of nitro groups is 1. The summed E-state index contributed by atoms with van der Waals surface area (Å²) in [5.41, 5.74) is 1.48. The zero-order valence-corrected chi connectivity index (χ0v) is 47.1. The number of nitro benzene ring substituents is 1. The molecule has 3 aromatic rings. The molecule has 0 bridgehead atoms. The number of rotatable bonds is 17. The van der Waals surface area contributed by atoms with Crippen LogP contribution in [0.1, 0.15) is 149 Å². The van der Waals surface area contributed by atoms with Crippen molar-refractivity contribution in [3.63, 3.8) is 0 Å². The van der Waals surface area contributed by atoms with Crippen molar-refractivity contribution in [2.75, 3.05) is 27.2 Å². The Morgan fingerprint density at radius 1 is 0.582 bits per heavy atom. The number of likely N-dealkylation sites (N-methyl/N-ethyl adjacent to an activating group) is 2. The number of benzene rings is 3. The van der Waals surface area contributed by atoms with E-state index in [0.717, 1.165) is 60.1 Å². The van der Waals surface area contributed by atoms with E-state index in [1.54, 1.807) is 69.5 Å². The van der Waals surface area contributed by atoms with Crippen molar-refractivity contribution in [3.8, 4) is 0 Å². The second-order valence-corrected chi connectivity index (χ2v) is 23.8. The van der Waals surface area contributed by atoms with Crippen LogP contribution in [0.25, 0.3) is 0 Å². The third-order valence-electron chi connectivity index (χ3n) is 15.9. The highest BCUT2D eigenvalue weighted by Crippen LogP contribution is 2.34. The zero-order valence-electron chi connectivity index (χ0n) is 47.1. The molecule has 3 aromatic carbocycles. The van der Waals surface area contributed by atoms with Crippen molar-refractivity contribution in [1.82, 2.24) is 52.3 Å². The number of nitrogens with one attached hydrogen (secondary N) is 8. The largest absolute Gasteiger partial charge is 0.347 e. The summed E-state index contributed by atoms with van der Waals surface area (Å²) in [5, 5.41) is 36.0. The molecule has 8 N–H and O–H groups in total. The lowest BCUT2D eigenvalue weighted by molar-refractivity contribution is -0.384. The molecule has 0 radical (unpaired) electrons. The Bertz CT molecular complexity index is 2650. The Morgan fingerprint density at radius 2 is 0.962 bits per heavy atom. The predicted octanol–water partition coefficient (Wildman–Crippen LogP) is 3.66. The molecule has 4 aliphatic rings. The van der Waals surface area contributed by atoms with Crippen LogP contribution in [0.4, 0.5) is 5.69 Å². The van der Waals surface area contributed by atoms with E-state index in [9.17, 15) is 48.5 Å². The smallest absolute Gasteiger partial charge is 0.271 e. The van der Waals surface area contributed by atoms with Crippen molar-refractivity contribution < 1.29 is 43.3 Å². The first-order valence-electron chi connectivity index (χ1n) is 27.5. The molecule has 0 saturated carbocycles. The number of hydrogen-bond acceptors (Lipinski definition) is 12. The Hall–Kier alpha value is -7.26. The number of likely N-dealkylation sites (tertiary alicyclic amines) is 2. The Kier molecular flexibility index (Phi) is 18.7. The first kappa shape index (κ1) is 59.4. The standard InChI is InChI=1S/C58H79N11O10/c1-32(59-9)49(70)65-47(57(3,4)5)55(76)67-30-38(28-45(67)53(74)63-43-23-15-19-34-17-11-13-21-41(34)43)61-51(72)36-25-37(27-40(26-36)69(78)79)52(73)62-39-29-46(54(75)64-44-24-16-20-35-18-12-14-22-42(35)44)68(31-39)56(77)48(58(6,7)8)66-50(71)33(2)60-10/h11-14,17-18,21-22,25-27,32-33,38-39,43-48,59-60H,15-16,19-20,23-24,28-31H2,1-10H3,(H,61,72)(H,62,73)(H,63,74)(H,64,75)(H,65,70)(H,66,71)/t32-,33-,38-,39-,43+,44+,45-,46?,47+,48?/m0/s1. The molecule has 0 spiro atoms. The van der Waals surface area contributed by atoms with Crippen LogP contribution in [0, 0.1) is 20.9 Å². The normalized spacial score (nSPS) is 22.4. The summed E-state index contributed by atoms with van der Waals surface area (Å²) in [5.74, 6) is -4.45. The molecule has 2 aliphatic carbocycles. The fraction of sp³-hybridized carbons (Fsp3) is 0.552. The summed E-state index contributed by atoms with van der Waals surface area (Å²) in [6, 6.07) is 11.0. The van der Waals surface area contributed by atoms with Gasteiger partial charge in [-0.15, -0.1) is 0 Å². The SMILES string of the molecule is CN[C@@H](C)C(=O)NC(C(=O)N1C[C@@H](NC(=O)c2cc(C(=O)N[C@H]3C[C@@H](C(=O)N[C@@H]4CCCc5ccccc54)N(C(=O)[C@@H](NC(=O)[C@H](C)NC)C(C)(C)C)C3)cc([N+](=O)[O-])c2)CC1C(=O)N[C@@H]1CCCc2ccccc21)C(C)(C)C. The van der Waals surface area contributed by atoms with Crippen molar-refractivity contribution >= 4 is 52.9 Å². The van der Waals surface area contributed by atoms with Gasteiger partial charge in [0.15, 0.2) is 0 Å². The highest BCUT2D eigenvalue weighted by molar-refractivity contribution is 6.02. The third kappa shape index (κ3) is 14.0. The van der Waals surface area contributed by atoms with Gasteiger partial charge in [0.25, 0.3) is 17.5 Å². The van der Waals surface area contributed by atoms with Crippen molar-refractivity contribution in [3.05, 3.63) is 110 Å². The molecule has 7 rings (SSSR count). The molecule has 10 atom stereocenters. The van der Waals surface area contributed by atoms with Crippen molar-refractivity contribution in [2.45, 2.75) is 167 Å². The Labute approximate surface area is 462 Å². The van der Waals surface area contributed by atoms with Crippen LogP contribution in [0.2, 0.25) is 0 Å². The van der Waals surface area contributed by atoms with Crippen molar-refractivity contribution in [1.29, 1.82) is 0 Å². The summed E-state index contributed by atoms with van der Waals surface area (Å²) in [7, 11) is 3.24. The number of carbonyl (C=O) groups is 8. The van der Waals surface area contributed by atoms with Gasteiger partial charge in [0, 0.05) is 48.4 Å². The van der Waals surface area contributed by atoms with Crippen LogP contribution in [-0.4, -0.2) is 138 Å². The predicted molar refractivity (Wildman–Crippen MR) is 296 cm³/mol. The quantitative estimate of drug-likeness (QED) is 0.0711. The summed E-state index contributed by atoms with van der Waals surface area (Å²) in [6.45, 7) is 13.8. The molecule has 2 saturated heterocycles. The van der Waals surface area contributed by atoms with Gasteiger partial charge in [0.2, 0.25) is 35.4 Å². The van der Waals surface area contributed by atoms with Crippen LogP contribution >= 0.6 is 0 Å². The lowest BCUT2D eigenvalue weighted by atomic mass is 9.85. The average Bonchev–Trinajstić information content (AvgIpc) is 4.17. The van der Waals surface area contributed by atoms with Gasteiger partial charge in [-0.05, 0) is 118 Å². The molecule has 21 heteroatoms. The number of nitrogens with zero attached hydrogens (tertiary/aromatic N) is 3. The fourth-order valence-corrected chi connectivity index (χ4v) is 11.2. The molecule has 2 heterocycles. The number of amides is 8. The Balaban J connectivity index is 1.13. The second-order valence-electron chi connectivity index (χ2n) is 23.8. The first-order chi connectivity index (χ1) is 37.3. The molecule has 426 valence electrons. The van der Waals surface area contributed by atoms with Gasteiger partial charge in [-0.3, -0.25) is 48.5 Å². The van der Waals surface area contributed by atoms with E-state index in [1.165, 1.54) is 15.9 Å². The minimum Gasteiger partial charge on any atom is -0.347 e. The summed E-state index contributed by atoms with van der Waals surface area (Å²) in [6.07, 6.45) is 4.66. The number of aryl methyl sites for hydroxylation is 2. The monoisotopic (exact) mass is 1090 g/mol. The average molecular weight is 1090 g/mol.